The smallest absolute Gasteiger partial charge is 0.535 e. The van der Waals surface area contributed by atoms with Crippen LogP contribution in [-0.2, 0) is 40.6 Å². The maximum absolute atomic E-state index is 14.0. The molecular formula is C87H55BClF16N6O15S5. The highest BCUT2D eigenvalue weighted by Crippen LogP contribution is 2.43. The fraction of sp³-hybridized carbons (Fsp3) is 0.0575. The second kappa shape index (κ2) is 42.1. The van der Waals surface area contributed by atoms with Gasteiger partial charge in [0.25, 0.3) is 5.97 Å². The number of nitrogen functional groups attached to an aromatic ring is 1. The molecule has 0 saturated carbocycles. The highest BCUT2D eigenvalue weighted by atomic mass is 35.5. The quantitative estimate of drug-likeness (QED) is 0.0169. The lowest BCUT2D eigenvalue weighted by Gasteiger charge is -2.14. The number of carbonyl (C=O) groups is 1. The molecule has 675 valence electrons. The van der Waals surface area contributed by atoms with Crippen LogP contribution in [0.3, 0.4) is 0 Å². The van der Waals surface area contributed by atoms with Crippen LogP contribution >= 0.6 is 34.7 Å². The molecule has 0 amide bonds. The van der Waals surface area contributed by atoms with Gasteiger partial charge in [-0.3, -0.25) is 14.8 Å². The SMILES string of the molecule is CC(=O)O.COc1cc(-c2cc(F)cc(F)c2)ccc1-c1nccc2cc(S(=O)(=O)Cc3ccsn3)ccc12.COc1cc(-c2cc(F)cc(F)c2)ccc1-c1nccc2cc(S(=O)(=O)Oc3c(F)c(F)c(F)c(F)c3F)ccc12.COc1cc(-c2cc(F)cc(F)c2)ccc1O[B]O.Nc1ccsn1.O=S(=O)(Oc1c(F)c(F)c(F)c(F)c1F)c1ccc2c(Cl)nccc2c1. The molecule has 0 aliphatic rings. The minimum absolute atomic E-state index is 0.0760. The van der Waals surface area contributed by atoms with Crippen molar-refractivity contribution in [3.8, 4) is 90.4 Å². The van der Waals surface area contributed by atoms with E-state index in [1.54, 1.807) is 90.4 Å². The van der Waals surface area contributed by atoms with Crippen molar-refractivity contribution in [3.63, 3.8) is 0 Å². The minimum Gasteiger partial charge on any atom is -0.535 e. The van der Waals surface area contributed by atoms with Crippen LogP contribution in [0.2, 0.25) is 5.15 Å². The third-order valence-corrected chi connectivity index (χ3v) is 23.5. The van der Waals surface area contributed by atoms with E-state index in [2.05, 4.69) is 32.1 Å². The first-order valence-electron chi connectivity index (χ1n) is 36.4. The number of sulfone groups is 1. The van der Waals surface area contributed by atoms with Crippen molar-refractivity contribution in [2.45, 2.75) is 27.4 Å². The molecule has 5 aromatic heterocycles. The molecule has 21 nitrogen and oxygen atoms in total. The summed E-state index contributed by atoms with van der Waals surface area (Å²) in [5, 5.41) is 22.4. The van der Waals surface area contributed by atoms with Gasteiger partial charge in [-0.1, -0.05) is 41.9 Å². The molecule has 44 heteroatoms. The lowest BCUT2D eigenvalue weighted by molar-refractivity contribution is -0.134. The van der Waals surface area contributed by atoms with E-state index in [0.29, 0.717) is 108 Å². The van der Waals surface area contributed by atoms with Crippen LogP contribution in [0.15, 0.2) is 238 Å². The molecule has 0 saturated heterocycles. The third-order valence-electron chi connectivity index (χ3n) is 18.0. The van der Waals surface area contributed by atoms with Crippen molar-refractivity contribution in [1.29, 1.82) is 0 Å². The minimum atomic E-state index is -5.07. The van der Waals surface area contributed by atoms with E-state index in [1.165, 1.54) is 117 Å². The highest BCUT2D eigenvalue weighted by molar-refractivity contribution is 7.90. The number of benzene rings is 11. The van der Waals surface area contributed by atoms with Crippen LogP contribution < -0.4 is 33.0 Å². The highest BCUT2D eigenvalue weighted by Gasteiger charge is 2.34. The lowest BCUT2D eigenvalue weighted by Crippen LogP contribution is -2.14. The molecule has 0 spiro atoms. The number of anilines is 1. The third kappa shape index (κ3) is 23.4. The van der Waals surface area contributed by atoms with Gasteiger partial charge >= 0.3 is 27.9 Å². The molecular weight excluding hydrogens is 1880 g/mol. The predicted molar refractivity (Wildman–Crippen MR) is 453 cm³/mol. The summed E-state index contributed by atoms with van der Waals surface area (Å²) in [4.78, 5) is 20.6. The van der Waals surface area contributed by atoms with Gasteiger partial charge in [0.05, 0.1) is 49.1 Å². The Bertz CT molecular complexity index is 7260. The van der Waals surface area contributed by atoms with Gasteiger partial charge in [-0.05, 0) is 218 Å². The molecule has 0 aliphatic heterocycles. The van der Waals surface area contributed by atoms with Gasteiger partial charge in [0.2, 0.25) is 69.7 Å². The lowest BCUT2D eigenvalue weighted by atomic mass is 9.99. The maximum atomic E-state index is 14.0. The van der Waals surface area contributed by atoms with Crippen molar-refractivity contribution < 1.29 is 138 Å². The average Bonchev–Trinajstić information content (AvgIpc) is 0.979. The van der Waals surface area contributed by atoms with E-state index in [0.717, 1.165) is 66.9 Å². The van der Waals surface area contributed by atoms with Gasteiger partial charge in [0.1, 0.15) is 72.9 Å². The average molecular weight is 1930 g/mol. The second-order valence-electron chi connectivity index (χ2n) is 26.5. The summed E-state index contributed by atoms with van der Waals surface area (Å²) < 4.78 is 329. The number of nitrogens with two attached hydrogens (primary N) is 1. The Balaban J connectivity index is 0.000000167. The van der Waals surface area contributed by atoms with Crippen LogP contribution in [0.25, 0.3) is 88.2 Å². The first-order valence-corrected chi connectivity index (χ1v) is 42.9. The van der Waals surface area contributed by atoms with E-state index in [9.17, 15) is 95.5 Å². The summed E-state index contributed by atoms with van der Waals surface area (Å²) in [6, 6.07) is 43.7. The Hall–Kier alpha value is -14.0. The van der Waals surface area contributed by atoms with Crippen LogP contribution in [0, 0.1) is 93.1 Å². The van der Waals surface area contributed by atoms with E-state index in [4.69, 9.17) is 51.1 Å². The number of methoxy groups -OCH3 is 3. The summed E-state index contributed by atoms with van der Waals surface area (Å²) >= 11 is 8.41. The fourth-order valence-corrected chi connectivity index (χ4v) is 16.6. The number of aliphatic carboxylic acids is 1. The van der Waals surface area contributed by atoms with E-state index >= 15 is 0 Å². The number of ether oxygens (including phenoxy) is 3. The maximum Gasteiger partial charge on any atom is 0.569 e. The molecule has 0 bridgehead atoms. The number of nitrogens with zero attached hydrogens (tertiary/aromatic N) is 5. The Labute approximate surface area is 745 Å². The van der Waals surface area contributed by atoms with Gasteiger partial charge in [-0.2, -0.15) is 43.1 Å². The van der Waals surface area contributed by atoms with Crippen LogP contribution in [0.4, 0.5) is 76.1 Å². The number of aromatic nitrogens is 5. The first kappa shape index (κ1) is 97.6. The number of pyridine rings is 3. The zero-order valence-corrected chi connectivity index (χ0v) is 71.5. The van der Waals surface area contributed by atoms with Gasteiger partial charge in [0, 0.05) is 81.8 Å². The number of hydrogen-bond acceptors (Lipinski definition) is 22. The number of halogens is 17. The van der Waals surface area contributed by atoms with Gasteiger partial charge in [-0.15, -0.1) is 0 Å². The summed E-state index contributed by atoms with van der Waals surface area (Å²) in [7, 11) is -8.73. The van der Waals surface area contributed by atoms with Crippen molar-refractivity contribution >= 4 is 117 Å². The molecule has 0 fully saturated rings. The summed E-state index contributed by atoms with van der Waals surface area (Å²) in [5.74, 6) is -31.1. The molecule has 1 radical (unpaired) electrons. The molecule has 0 atom stereocenters. The van der Waals surface area contributed by atoms with Crippen molar-refractivity contribution in [2.75, 3.05) is 27.1 Å². The topological polar surface area (TPSA) is 306 Å². The molecule has 4 N–H and O–H groups in total. The van der Waals surface area contributed by atoms with Crippen molar-refractivity contribution in [2.24, 2.45) is 0 Å². The number of rotatable bonds is 19. The molecule has 0 aliphatic carbocycles. The monoisotopic (exact) mass is 1930 g/mol. The summed E-state index contributed by atoms with van der Waals surface area (Å²) in [6.07, 6.45) is 4.21. The van der Waals surface area contributed by atoms with Gasteiger partial charge in [-0.25, -0.2) is 66.1 Å². The van der Waals surface area contributed by atoms with E-state index in [-0.39, 0.29) is 32.5 Å². The Morgan fingerprint density at radius 1 is 0.397 bits per heavy atom. The largest absolute Gasteiger partial charge is 0.569 e. The zero-order chi connectivity index (χ0) is 95.3. The Kier molecular flexibility index (Phi) is 31.4. The first-order chi connectivity index (χ1) is 62.1. The number of hydrogen-bond donors (Lipinski definition) is 3. The molecule has 16 rings (SSSR count). The Morgan fingerprint density at radius 2 is 0.740 bits per heavy atom. The predicted octanol–water partition coefficient (Wildman–Crippen LogP) is 21.3. The Morgan fingerprint density at radius 3 is 1.10 bits per heavy atom. The molecule has 131 heavy (non-hydrogen) atoms. The van der Waals surface area contributed by atoms with Gasteiger partial charge < -0.3 is 43.1 Å². The summed E-state index contributed by atoms with van der Waals surface area (Å²) in [5.41, 5.74) is 10.3. The standard InChI is InChI=1S/C28H14F7NO4S.C26H18F2N2O3S2.C15H5ClF5NO3S.C13H10BF2O3.C3H4N2S.C2H4O2/c1-39-21-11-13(15-8-16(29)12-17(30)9-15)2-4-20(21)27-19-5-3-18(10-14(19)6-7-36-27)41(37,38)40-28-25(34)23(32)22(31)24(33)26(28)35;1-33-25-13-16(18-10-19(27)14-20(28)11-18)2-4-24(25)26-23-5-3-22(12-17(23)6-8-29-26)35(31,32)15-21-7-9-34-30-21;16-15-8-2-1-7(5-6(8)3-4-22-15)26(23,24)25-14-12(20)10(18)9(17)11(19)13(14)21;1-18-13-6-8(2-3-12(13)19-14-17)9-4-10(15)7-11(16)5-9;4-3-1-2-6-5-3;1-2(3)4/h2-12H,1H3;2-14H,15H2,1H3;1-5H;2-7,17H,1H3;1-2H,(H2,4,5);1H3,(H,3,4). The number of carboxylic acid groups (broad SMARTS) is 1. The van der Waals surface area contributed by atoms with Crippen molar-refractivity contribution in [1.82, 2.24) is 23.7 Å². The normalized spacial score (nSPS) is 11.1. The fourth-order valence-electron chi connectivity index (χ4n) is 12.1. The van der Waals surface area contributed by atoms with Crippen LogP contribution in [0.5, 0.6) is 34.5 Å². The zero-order valence-electron chi connectivity index (χ0n) is 66.6. The number of fused-ring (bicyclic) bond motifs is 3. The van der Waals surface area contributed by atoms with Crippen LogP contribution in [0.1, 0.15) is 12.6 Å². The summed E-state index contributed by atoms with van der Waals surface area (Å²) in [6.45, 7) is 1.08. The van der Waals surface area contributed by atoms with E-state index < -0.39 is 150 Å². The number of carboxylic acids is 1. The van der Waals surface area contributed by atoms with Crippen molar-refractivity contribution in [3.05, 3.63) is 327 Å². The molecule has 0 unspecified atom stereocenters. The van der Waals surface area contributed by atoms with E-state index in [1.807, 2.05) is 5.38 Å². The van der Waals surface area contributed by atoms with Gasteiger partial charge in [0.15, 0.2) is 15.6 Å². The molecule has 16 aromatic rings. The molecule has 11 aromatic carbocycles. The molecule has 5 heterocycles. The van der Waals surface area contributed by atoms with Crippen LogP contribution in [-0.4, -0.2) is 94.1 Å². The second-order valence-corrected chi connectivity index (χ2v) is 33.3.